The molecule has 2 aromatic carbocycles. The molecule has 2 rings (SSSR count). The summed E-state index contributed by atoms with van der Waals surface area (Å²) in [5.41, 5.74) is 4.92. The van der Waals surface area contributed by atoms with Crippen molar-refractivity contribution in [3.8, 4) is 5.75 Å². The van der Waals surface area contributed by atoms with Crippen LogP contribution < -0.4 is 10.2 Å². The van der Waals surface area contributed by atoms with Crippen LogP contribution in [0, 0.1) is 6.92 Å². The minimum absolute atomic E-state index is 0.251. The highest BCUT2D eigenvalue weighted by atomic mass is 79.9. The van der Waals surface area contributed by atoms with Crippen molar-refractivity contribution in [2.45, 2.75) is 6.92 Å². The van der Waals surface area contributed by atoms with Gasteiger partial charge in [-0.3, -0.25) is 4.79 Å². The van der Waals surface area contributed by atoms with Gasteiger partial charge < -0.3 is 4.74 Å². The Morgan fingerprint density at radius 1 is 1.29 bits per heavy atom. The van der Waals surface area contributed by atoms with Crippen LogP contribution in [0.5, 0.6) is 5.75 Å². The second-order valence-corrected chi connectivity index (χ2v) is 6.69. The maximum absolute atomic E-state index is 12.0. The van der Waals surface area contributed by atoms with Crippen LogP contribution in [0.2, 0.25) is 0 Å². The van der Waals surface area contributed by atoms with Gasteiger partial charge in [0.25, 0.3) is 5.91 Å². The van der Waals surface area contributed by atoms with E-state index in [1.165, 1.54) is 0 Å². The summed E-state index contributed by atoms with van der Waals surface area (Å²) in [6.45, 7) is 5.97. The van der Waals surface area contributed by atoms with Crippen LogP contribution in [0.1, 0.15) is 21.5 Å². The zero-order valence-corrected chi connectivity index (χ0v) is 16.2. The third-order valence-electron chi connectivity index (χ3n) is 3.03. The number of hydrogen-bond acceptors (Lipinski definition) is 3. The number of aryl methyl sites for hydroxylation is 1. The van der Waals surface area contributed by atoms with E-state index in [9.17, 15) is 4.79 Å². The van der Waals surface area contributed by atoms with Crippen molar-refractivity contribution < 1.29 is 9.53 Å². The van der Waals surface area contributed by atoms with Gasteiger partial charge in [0.05, 0.1) is 15.2 Å². The van der Waals surface area contributed by atoms with Crippen molar-refractivity contribution >= 4 is 44.0 Å². The van der Waals surface area contributed by atoms with E-state index in [0.29, 0.717) is 17.9 Å². The van der Waals surface area contributed by atoms with Crippen LogP contribution >= 0.6 is 31.9 Å². The summed E-state index contributed by atoms with van der Waals surface area (Å²) in [7, 11) is 0. The molecule has 0 aliphatic rings. The Labute approximate surface area is 157 Å². The summed E-state index contributed by atoms with van der Waals surface area (Å²) >= 11 is 6.91. The van der Waals surface area contributed by atoms with E-state index in [2.05, 4.69) is 49.0 Å². The second kappa shape index (κ2) is 8.80. The minimum Gasteiger partial charge on any atom is -0.487 e. The Kier molecular flexibility index (Phi) is 6.75. The van der Waals surface area contributed by atoms with E-state index in [1.54, 1.807) is 18.4 Å². The van der Waals surface area contributed by atoms with E-state index in [0.717, 1.165) is 20.1 Å². The molecule has 0 radical (unpaired) electrons. The van der Waals surface area contributed by atoms with Crippen molar-refractivity contribution in [1.82, 2.24) is 5.43 Å². The smallest absolute Gasteiger partial charge is 0.271 e. The summed E-state index contributed by atoms with van der Waals surface area (Å²) in [4.78, 5) is 12.0. The number of nitrogens with zero attached hydrogens (tertiary/aromatic N) is 1. The van der Waals surface area contributed by atoms with Gasteiger partial charge in [-0.1, -0.05) is 30.4 Å². The zero-order chi connectivity index (χ0) is 17.5. The molecule has 0 saturated heterocycles. The highest BCUT2D eigenvalue weighted by Crippen LogP contribution is 2.34. The van der Waals surface area contributed by atoms with E-state index >= 15 is 0 Å². The summed E-state index contributed by atoms with van der Waals surface area (Å²) in [5.74, 6) is 0.440. The van der Waals surface area contributed by atoms with Crippen LogP contribution in [-0.2, 0) is 0 Å². The third kappa shape index (κ3) is 5.04. The lowest BCUT2D eigenvalue weighted by molar-refractivity contribution is 0.0955. The van der Waals surface area contributed by atoms with Crippen molar-refractivity contribution in [3.05, 3.63) is 74.7 Å². The summed E-state index contributed by atoms with van der Waals surface area (Å²) < 4.78 is 7.12. The number of carbonyl (C=O) groups is 1. The molecule has 0 heterocycles. The van der Waals surface area contributed by atoms with E-state index < -0.39 is 0 Å². The highest BCUT2D eigenvalue weighted by molar-refractivity contribution is 9.11. The van der Waals surface area contributed by atoms with Gasteiger partial charge in [-0.2, -0.15) is 5.10 Å². The molecule has 1 N–H and O–H groups in total. The molecule has 0 aliphatic carbocycles. The van der Waals surface area contributed by atoms with E-state index in [-0.39, 0.29) is 5.91 Å². The van der Waals surface area contributed by atoms with Crippen LogP contribution in [0.3, 0.4) is 0 Å². The van der Waals surface area contributed by atoms with Gasteiger partial charge in [-0.15, -0.1) is 0 Å². The first-order valence-corrected chi connectivity index (χ1v) is 8.72. The van der Waals surface area contributed by atoms with Gasteiger partial charge in [-0.05, 0) is 68.6 Å². The molecular weight excluding hydrogens is 436 g/mol. The molecule has 0 aromatic heterocycles. The molecule has 0 saturated carbocycles. The first-order chi connectivity index (χ1) is 11.5. The molecule has 24 heavy (non-hydrogen) atoms. The molecule has 0 spiro atoms. The predicted molar refractivity (Wildman–Crippen MR) is 104 cm³/mol. The average Bonchev–Trinajstić information content (AvgIpc) is 2.54. The Morgan fingerprint density at radius 2 is 2.00 bits per heavy atom. The zero-order valence-electron chi connectivity index (χ0n) is 13.1. The fourth-order valence-electron chi connectivity index (χ4n) is 1.95. The number of carbonyl (C=O) groups excluding carboxylic acids is 1. The molecule has 0 bridgehead atoms. The number of halogens is 2. The largest absolute Gasteiger partial charge is 0.487 e. The molecule has 0 fully saturated rings. The van der Waals surface area contributed by atoms with Gasteiger partial charge in [0.2, 0.25) is 0 Å². The normalized spacial score (nSPS) is 10.6. The van der Waals surface area contributed by atoms with Gasteiger partial charge in [0.15, 0.2) is 0 Å². The van der Waals surface area contributed by atoms with E-state index in [4.69, 9.17) is 4.74 Å². The summed E-state index contributed by atoms with van der Waals surface area (Å²) in [6.07, 6.45) is 3.25. The molecule has 124 valence electrons. The standard InChI is InChI=1S/C18H16Br2N2O2/c1-3-7-24-17-15(19)9-13(10-16(17)20)11-21-22-18(23)14-6-4-5-12(2)8-14/h3-6,8-11H,1,7H2,2H3,(H,22,23)/b21-11-. The monoisotopic (exact) mass is 450 g/mol. The number of hydrazone groups is 1. The predicted octanol–water partition coefficient (Wildman–Crippen LogP) is 4.85. The van der Waals surface area contributed by atoms with Gasteiger partial charge >= 0.3 is 0 Å². The highest BCUT2D eigenvalue weighted by Gasteiger charge is 2.08. The Morgan fingerprint density at radius 3 is 2.62 bits per heavy atom. The van der Waals surface area contributed by atoms with Crippen molar-refractivity contribution in [2.75, 3.05) is 6.61 Å². The fraction of sp³-hybridized carbons (Fsp3) is 0.111. The topological polar surface area (TPSA) is 50.7 Å². The third-order valence-corrected chi connectivity index (χ3v) is 4.20. The lowest BCUT2D eigenvalue weighted by Gasteiger charge is -2.09. The number of nitrogens with one attached hydrogen (secondary N) is 1. The first-order valence-electron chi connectivity index (χ1n) is 7.14. The van der Waals surface area contributed by atoms with Crippen molar-refractivity contribution in [3.63, 3.8) is 0 Å². The minimum atomic E-state index is -0.251. The SMILES string of the molecule is C=CCOc1c(Br)cc(/C=N\NC(=O)c2cccc(C)c2)cc1Br. The molecule has 1 amide bonds. The van der Waals surface area contributed by atoms with Crippen LogP contribution in [-0.4, -0.2) is 18.7 Å². The Balaban J connectivity index is 2.06. The average molecular weight is 452 g/mol. The number of rotatable bonds is 6. The van der Waals surface area contributed by atoms with Crippen molar-refractivity contribution in [1.29, 1.82) is 0 Å². The van der Waals surface area contributed by atoms with Crippen LogP contribution in [0.4, 0.5) is 0 Å². The number of ether oxygens (including phenoxy) is 1. The lowest BCUT2D eigenvalue weighted by atomic mass is 10.1. The Bertz CT molecular complexity index is 765. The molecule has 2 aromatic rings. The number of benzene rings is 2. The van der Waals surface area contributed by atoms with Gasteiger partial charge in [0, 0.05) is 5.56 Å². The molecule has 0 unspecified atom stereocenters. The number of amides is 1. The van der Waals surface area contributed by atoms with E-state index in [1.807, 2.05) is 37.3 Å². The molecular formula is C18H16Br2N2O2. The first kappa shape index (κ1) is 18.4. The summed E-state index contributed by atoms with van der Waals surface area (Å²) in [5, 5.41) is 4.00. The maximum Gasteiger partial charge on any atom is 0.271 e. The number of hydrogen-bond donors (Lipinski definition) is 1. The summed E-state index contributed by atoms with van der Waals surface area (Å²) in [6, 6.07) is 11.0. The molecule has 0 atom stereocenters. The molecule has 6 heteroatoms. The van der Waals surface area contributed by atoms with Crippen molar-refractivity contribution in [2.24, 2.45) is 5.10 Å². The quantitative estimate of drug-likeness (QED) is 0.387. The fourth-order valence-corrected chi connectivity index (χ4v) is 3.40. The lowest BCUT2D eigenvalue weighted by Crippen LogP contribution is -2.17. The second-order valence-electron chi connectivity index (χ2n) is 4.98. The van der Waals surface area contributed by atoms with Crippen LogP contribution in [0.25, 0.3) is 0 Å². The van der Waals surface area contributed by atoms with Gasteiger partial charge in [0.1, 0.15) is 12.4 Å². The van der Waals surface area contributed by atoms with Gasteiger partial charge in [-0.25, -0.2) is 5.43 Å². The molecule has 4 nitrogen and oxygen atoms in total. The Hall–Kier alpha value is -1.92. The van der Waals surface area contributed by atoms with Crippen LogP contribution in [0.15, 0.2) is 63.1 Å². The molecule has 0 aliphatic heterocycles. The maximum atomic E-state index is 12.0.